The van der Waals surface area contributed by atoms with Crippen LogP contribution < -0.4 is 5.32 Å². The maximum Gasteiger partial charge on any atom is 0.315 e. The summed E-state index contributed by atoms with van der Waals surface area (Å²) in [6, 6.07) is 0. The molecule has 0 amide bonds. The molecule has 11 heavy (non-hydrogen) atoms. The van der Waals surface area contributed by atoms with Crippen molar-refractivity contribution >= 4 is 17.7 Å². The predicted molar refractivity (Wildman–Crippen MR) is 45.7 cm³/mol. The van der Waals surface area contributed by atoms with Gasteiger partial charge in [-0.05, 0) is 24.8 Å². The zero-order valence-corrected chi connectivity index (χ0v) is 7.45. The average molecular weight is 175 g/mol. The van der Waals surface area contributed by atoms with Gasteiger partial charge in [-0.15, -0.1) is 11.8 Å². The van der Waals surface area contributed by atoms with Crippen molar-refractivity contribution in [1.29, 1.82) is 0 Å². The van der Waals surface area contributed by atoms with Crippen molar-refractivity contribution in [2.45, 2.75) is 0 Å². The van der Waals surface area contributed by atoms with Crippen LogP contribution in [0.2, 0.25) is 0 Å². The fourth-order valence-corrected chi connectivity index (χ4v) is 1.81. The smallest absolute Gasteiger partial charge is 0.315 e. The molecule has 0 unspecified atom stereocenters. The van der Waals surface area contributed by atoms with E-state index in [0.29, 0.717) is 5.75 Å². The molecule has 0 atom stereocenters. The van der Waals surface area contributed by atoms with E-state index >= 15 is 0 Å². The van der Waals surface area contributed by atoms with Crippen molar-refractivity contribution in [3.8, 4) is 0 Å². The summed E-state index contributed by atoms with van der Waals surface area (Å²) in [5.41, 5.74) is 0. The average Bonchev–Trinajstić information content (AvgIpc) is 1.94. The van der Waals surface area contributed by atoms with Crippen LogP contribution in [0, 0.1) is 5.92 Å². The molecule has 1 aliphatic heterocycles. The number of carbonyl (C=O) groups is 1. The Bertz CT molecular complexity index is 136. The number of nitrogens with one attached hydrogen (secondary N) is 1. The van der Waals surface area contributed by atoms with Crippen LogP contribution in [0.5, 0.6) is 0 Å². The second-order valence-electron chi connectivity index (χ2n) is 2.62. The van der Waals surface area contributed by atoms with E-state index < -0.39 is 0 Å². The fraction of sp³-hybridized carbons (Fsp3) is 0.857. The largest absolute Gasteiger partial charge is 0.468 e. The molecule has 0 aliphatic carbocycles. The molecule has 0 aromatic rings. The number of hydrogen-bond acceptors (Lipinski definition) is 4. The van der Waals surface area contributed by atoms with Crippen molar-refractivity contribution in [1.82, 2.24) is 5.32 Å². The van der Waals surface area contributed by atoms with Crippen LogP contribution in [0.4, 0.5) is 0 Å². The van der Waals surface area contributed by atoms with Gasteiger partial charge < -0.3 is 10.1 Å². The summed E-state index contributed by atoms with van der Waals surface area (Å²) in [6.07, 6.45) is 0. The normalized spacial score (nSPS) is 17.5. The van der Waals surface area contributed by atoms with Gasteiger partial charge in [-0.3, -0.25) is 4.79 Å². The van der Waals surface area contributed by atoms with E-state index in [4.69, 9.17) is 0 Å². The molecule has 3 nitrogen and oxygen atoms in total. The van der Waals surface area contributed by atoms with Gasteiger partial charge in [-0.1, -0.05) is 0 Å². The molecule has 0 saturated carbocycles. The lowest BCUT2D eigenvalue weighted by atomic mass is 10.1. The third-order valence-corrected chi connectivity index (χ3v) is 2.81. The molecule has 1 fully saturated rings. The molecule has 64 valence electrons. The summed E-state index contributed by atoms with van der Waals surface area (Å²) in [4.78, 5) is 10.6. The summed E-state index contributed by atoms with van der Waals surface area (Å²) >= 11 is 1.66. The van der Waals surface area contributed by atoms with Crippen molar-refractivity contribution in [2.75, 3.05) is 31.7 Å². The van der Waals surface area contributed by atoms with Crippen LogP contribution >= 0.6 is 11.8 Å². The number of rotatable bonds is 4. The molecule has 0 bridgehead atoms. The Morgan fingerprint density at radius 1 is 1.73 bits per heavy atom. The zero-order valence-electron chi connectivity index (χ0n) is 6.63. The lowest BCUT2D eigenvalue weighted by Crippen LogP contribution is -2.43. The van der Waals surface area contributed by atoms with Crippen LogP contribution in [0.3, 0.4) is 0 Å². The summed E-state index contributed by atoms with van der Waals surface area (Å²) in [7, 11) is 1.42. The SMILES string of the molecule is COC(=O)CSCC1CNC1. The Kier molecular flexibility index (Phi) is 3.72. The highest BCUT2D eigenvalue weighted by atomic mass is 32.2. The number of ether oxygens (including phenoxy) is 1. The third kappa shape index (κ3) is 3.12. The lowest BCUT2D eigenvalue weighted by molar-refractivity contribution is -0.137. The highest BCUT2D eigenvalue weighted by Gasteiger charge is 2.16. The van der Waals surface area contributed by atoms with Crippen molar-refractivity contribution in [3.05, 3.63) is 0 Å². The monoisotopic (exact) mass is 175 g/mol. The second kappa shape index (κ2) is 4.62. The van der Waals surface area contributed by atoms with Gasteiger partial charge in [-0.25, -0.2) is 0 Å². The highest BCUT2D eigenvalue weighted by molar-refractivity contribution is 7.99. The molecule has 0 aromatic carbocycles. The number of hydrogen-bond donors (Lipinski definition) is 1. The van der Waals surface area contributed by atoms with Gasteiger partial charge in [0.25, 0.3) is 0 Å². The molecule has 1 saturated heterocycles. The second-order valence-corrected chi connectivity index (χ2v) is 3.65. The molecule has 0 spiro atoms. The molecule has 1 rings (SSSR count). The van der Waals surface area contributed by atoms with E-state index in [1.54, 1.807) is 11.8 Å². The van der Waals surface area contributed by atoms with Gasteiger partial charge in [0.05, 0.1) is 12.9 Å². The first kappa shape index (κ1) is 8.87. The maximum absolute atomic E-state index is 10.6. The highest BCUT2D eigenvalue weighted by Crippen LogP contribution is 2.11. The minimum Gasteiger partial charge on any atom is -0.468 e. The third-order valence-electron chi connectivity index (χ3n) is 1.67. The molecular formula is C7H13NO2S. The number of esters is 1. The molecule has 1 heterocycles. The van der Waals surface area contributed by atoms with Crippen molar-refractivity contribution in [2.24, 2.45) is 5.92 Å². The Morgan fingerprint density at radius 3 is 2.91 bits per heavy atom. The molecule has 1 aliphatic rings. The van der Waals surface area contributed by atoms with Crippen LogP contribution in [0.1, 0.15) is 0 Å². The first-order chi connectivity index (χ1) is 5.33. The van der Waals surface area contributed by atoms with Crippen LogP contribution in [0.15, 0.2) is 0 Å². The van der Waals surface area contributed by atoms with Gasteiger partial charge in [0.2, 0.25) is 0 Å². The summed E-state index contributed by atoms with van der Waals surface area (Å²) in [5.74, 6) is 2.21. The minimum absolute atomic E-state index is 0.123. The van der Waals surface area contributed by atoms with Crippen molar-refractivity contribution in [3.63, 3.8) is 0 Å². The molecule has 4 heteroatoms. The Morgan fingerprint density at radius 2 is 2.45 bits per heavy atom. The molecular weight excluding hydrogens is 162 g/mol. The number of carbonyl (C=O) groups excluding carboxylic acids is 1. The molecule has 0 aromatic heterocycles. The standard InChI is InChI=1S/C7H13NO2S/c1-10-7(9)5-11-4-6-2-8-3-6/h6,8H,2-5H2,1H3. The van der Waals surface area contributed by atoms with Crippen LogP contribution in [-0.2, 0) is 9.53 Å². The molecule has 1 N–H and O–H groups in total. The van der Waals surface area contributed by atoms with E-state index in [1.807, 2.05) is 0 Å². The quantitative estimate of drug-likeness (QED) is 0.616. The van der Waals surface area contributed by atoms with Gasteiger partial charge >= 0.3 is 5.97 Å². The Balaban J connectivity index is 1.90. The summed E-state index contributed by atoms with van der Waals surface area (Å²) in [6.45, 7) is 2.21. The minimum atomic E-state index is -0.123. The van der Waals surface area contributed by atoms with E-state index in [1.165, 1.54) is 7.11 Å². The van der Waals surface area contributed by atoms with Gasteiger partial charge in [0.1, 0.15) is 0 Å². The fourth-order valence-electron chi connectivity index (χ4n) is 0.834. The van der Waals surface area contributed by atoms with Crippen LogP contribution in [-0.4, -0.2) is 37.7 Å². The Labute approximate surface area is 70.9 Å². The summed E-state index contributed by atoms with van der Waals surface area (Å²) < 4.78 is 4.51. The Hall–Kier alpha value is -0.220. The van der Waals surface area contributed by atoms with Gasteiger partial charge in [0.15, 0.2) is 0 Å². The van der Waals surface area contributed by atoms with Gasteiger partial charge in [0, 0.05) is 0 Å². The van der Waals surface area contributed by atoms with E-state index in [0.717, 1.165) is 24.8 Å². The van der Waals surface area contributed by atoms with Crippen LogP contribution in [0.25, 0.3) is 0 Å². The van der Waals surface area contributed by atoms with Gasteiger partial charge in [-0.2, -0.15) is 0 Å². The first-order valence-corrected chi connectivity index (χ1v) is 4.83. The van der Waals surface area contributed by atoms with E-state index in [-0.39, 0.29) is 5.97 Å². The maximum atomic E-state index is 10.6. The summed E-state index contributed by atoms with van der Waals surface area (Å²) in [5, 5.41) is 3.18. The number of thioether (sulfide) groups is 1. The van der Waals surface area contributed by atoms with Crippen molar-refractivity contribution < 1.29 is 9.53 Å². The zero-order chi connectivity index (χ0) is 8.10. The van der Waals surface area contributed by atoms with E-state index in [9.17, 15) is 4.79 Å². The number of methoxy groups -OCH3 is 1. The lowest BCUT2D eigenvalue weighted by Gasteiger charge is -2.26. The predicted octanol–water partition coefficient (Wildman–Crippen LogP) is 0.112. The molecule has 0 radical (unpaired) electrons. The topological polar surface area (TPSA) is 38.3 Å². The first-order valence-electron chi connectivity index (χ1n) is 3.68. The van der Waals surface area contributed by atoms with E-state index in [2.05, 4.69) is 10.1 Å².